The third-order valence-corrected chi connectivity index (χ3v) is 6.14. The van der Waals surface area contributed by atoms with Crippen LogP contribution in [-0.2, 0) is 9.53 Å². The summed E-state index contributed by atoms with van der Waals surface area (Å²) in [6.45, 7) is 6.54. The van der Waals surface area contributed by atoms with E-state index in [1.54, 1.807) is 19.2 Å². The van der Waals surface area contributed by atoms with Gasteiger partial charge in [-0.15, -0.1) is 10.2 Å². The number of methoxy groups -OCH3 is 1. The predicted molar refractivity (Wildman–Crippen MR) is 115 cm³/mol. The SMILES string of the molecule is COCC(C)NC(=O)CSc1nnc(C(C)N2CCCCC2)n1-c1ccc(F)cc1. The van der Waals surface area contributed by atoms with Crippen molar-refractivity contribution in [3.05, 3.63) is 35.9 Å². The Bertz CT molecular complexity index is 823. The summed E-state index contributed by atoms with van der Waals surface area (Å²) in [5, 5.41) is 12.4. The highest BCUT2D eigenvalue weighted by Gasteiger charge is 2.26. The van der Waals surface area contributed by atoms with E-state index in [0.717, 1.165) is 24.6 Å². The van der Waals surface area contributed by atoms with Crippen molar-refractivity contribution in [3.63, 3.8) is 0 Å². The Kier molecular flexibility index (Phi) is 8.24. The number of hydrogen-bond donors (Lipinski definition) is 1. The molecule has 7 nitrogen and oxygen atoms in total. The van der Waals surface area contributed by atoms with Gasteiger partial charge in [-0.05, 0) is 64.0 Å². The minimum Gasteiger partial charge on any atom is -0.383 e. The van der Waals surface area contributed by atoms with E-state index in [0.29, 0.717) is 11.8 Å². The standard InChI is InChI=1S/C21H30FN5O2S/c1-15(13-29-3)23-19(28)14-30-21-25-24-20(16(2)26-11-5-4-6-12-26)27(21)18-9-7-17(22)8-10-18/h7-10,15-16H,4-6,11-14H2,1-3H3,(H,23,28). The third kappa shape index (κ3) is 5.80. The molecule has 2 unspecified atom stereocenters. The number of aromatic nitrogens is 3. The maximum atomic E-state index is 13.5. The number of hydrogen-bond acceptors (Lipinski definition) is 6. The summed E-state index contributed by atoms with van der Waals surface area (Å²) in [4.78, 5) is 14.7. The molecular weight excluding hydrogens is 405 g/mol. The van der Waals surface area contributed by atoms with Crippen molar-refractivity contribution < 1.29 is 13.9 Å². The van der Waals surface area contributed by atoms with E-state index >= 15 is 0 Å². The molecule has 1 aromatic carbocycles. The van der Waals surface area contributed by atoms with Crippen molar-refractivity contribution >= 4 is 17.7 Å². The van der Waals surface area contributed by atoms with E-state index in [-0.39, 0.29) is 29.6 Å². The minimum atomic E-state index is -0.293. The van der Waals surface area contributed by atoms with E-state index in [4.69, 9.17) is 4.74 Å². The molecule has 0 aliphatic carbocycles. The molecule has 1 fully saturated rings. The normalized spacial score (nSPS) is 16.9. The average molecular weight is 436 g/mol. The van der Waals surface area contributed by atoms with Crippen LogP contribution < -0.4 is 5.32 Å². The van der Waals surface area contributed by atoms with Gasteiger partial charge in [-0.2, -0.15) is 0 Å². The highest BCUT2D eigenvalue weighted by Crippen LogP contribution is 2.29. The van der Waals surface area contributed by atoms with E-state index in [2.05, 4.69) is 27.3 Å². The summed E-state index contributed by atoms with van der Waals surface area (Å²) in [6, 6.07) is 6.31. The number of nitrogens with zero attached hydrogens (tertiary/aromatic N) is 4. The van der Waals surface area contributed by atoms with Crippen molar-refractivity contribution in [3.8, 4) is 5.69 Å². The van der Waals surface area contributed by atoms with Crippen LogP contribution in [0, 0.1) is 5.82 Å². The number of piperidine rings is 1. The number of likely N-dealkylation sites (tertiary alicyclic amines) is 1. The van der Waals surface area contributed by atoms with Crippen LogP contribution in [0.2, 0.25) is 0 Å². The van der Waals surface area contributed by atoms with Crippen molar-refractivity contribution in [2.45, 2.75) is 50.4 Å². The van der Waals surface area contributed by atoms with Crippen LogP contribution in [0.5, 0.6) is 0 Å². The van der Waals surface area contributed by atoms with Gasteiger partial charge in [-0.3, -0.25) is 14.3 Å². The zero-order chi connectivity index (χ0) is 21.5. The summed E-state index contributed by atoms with van der Waals surface area (Å²) in [5.74, 6) is 0.632. The number of nitrogens with one attached hydrogen (secondary N) is 1. The second-order valence-corrected chi connectivity index (χ2v) is 8.58. The molecule has 1 aliphatic heterocycles. The fourth-order valence-electron chi connectivity index (χ4n) is 3.69. The maximum absolute atomic E-state index is 13.5. The average Bonchev–Trinajstić information content (AvgIpc) is 3.17. The van der Waals surface area contributed by atoms with Gasteiger partial charge in [0.1, 0.15) is 5.82 Å². The van der Waals surface area contributed by atoms with Crippen LogP contribution in [0.1, 0.15) is 45.0 Å². The first-order chi connectivity index (χ1) is 14.5. The zero-order valence-corrected chi connectivity index (χ0v) is 18.6. The summed E-state index contributed by atoms with van der Waals surface area (Å²) < 4.78 is 20.5. The van der Waals surface area contributed by atoms with Gasteiger partial charge >= 0.3 is 0 Å². The summed E-state index contributed by atoms with van der Waals surface area (Å²) >= 11 is 1.32. The van der Waals surface area contributed by atoms with Crippen LogP contribution in [0.25, 0.3) is 5.69 Å². The fraction of sp³-hybridized carbons (Fsp3) is 0.571. The van der Waals surface area contributed by atoms with Gasteiger partial charge in [0.25, 0.3) is 0 Å². The first-order valence-electron chi connectivity index (χ1n) is 10.4. The van der Waals surface area contributed by atoms with Crippen LogP contribution in [0.15, 0.2) is 29.4 Å². The minimum absolute atomic E-state index is 0.0623. The number of thioether (sulfide) groups is 1. The van der Waals surface area contributed by atoms with Gasteiger partial charge in [0.2, 0.25) is 5.91 Å². The molecule has 1 aromatic heterocycles. The van der Waals surface area contributed by atoms with Crippen molar-refractivity contribution in [2.75, 3.05) is 32.6 Å². The fourth-order valence-corrected chi connectivity index (χ4v) is 4.46. The van der Waals surface area contributed by atoms with Crippen LogP contribution in [0.3, 0.4) is 0 Å². The Balaban J connectivity index is 1.81. The lowest BCUT2D eigenvalue weighted by molar-refractivity contribution is -0.119. The van der Waals surface area contributed by atoms with E-state index in [9.17, 15) is 9.18 Å². The molecule has 0 bridgehead atoms. The van der Waals surface area contributed by atoms with Gasteiger partial charge in [0.15, 0.2) is 11.0 Å². The molecule has 0 saturated carbocycles. The second kappa shape index (κ2) is 10.9. The van der Waals surface area contributed by atoms with Crippen molar-refractivity contribution in [1.82, 2.24) is 25.0 Å². The number of ether oxygens (including phenoxy) is 1. The van der Waals surface area contributed by atoms with Gasteiger partial charge in [-0.25, -0.2) is 4.39 Å². The molecule has 2 aromatic rings. The molecule has 30 heavy (non-hydrogen) atoms. The van der Waals surface area contributed by atoms with E-state index in [1.807, 2.05) is 11.5 Å². The molecule has 164 valence electrons. The molecule has 2 atom stereocenters. The van der Waals surface area contributed by atoms with Gasteiger partial charge in [0.05, 0.1) is 18.4 Å². The summed E-state index contributed by atoms with van der Waals surface area (Å²) in [5.41, 5.74) is 0.788. The topological polar surface area (TPSA) is 72.3 Å². The van der Waals surface area contributed by atoms with Crippen LogP contribution in [0.4, 0.5) is 4.39 Å². The Hall–Kier alpha value is -1.97. The molecule has 9 heteroatoms. The molecule has 1 aliphatic rings. The monoisotopic (exact) mass is 435 g/mol. The number of carbonyl (C=O) groups excluding carboxylic acids is 1. The highest BCUT2D eigenvalue weighted by atomic mass is 32.2. The van der Waals surface area contributed by atoms with Crippen LogP contribution >= 0.6 is 11.8 Å². The Morgan fingerprint density at radius 2 is 1.90 bits per heavy atom. The molecule has 2 heterocycles. The lowest BCUT2D eigenvalue weighted by Gasteiger charge is -2.31. The molecular formula is C21H30FN5O2S. The quantitative estimate of drug-likeness (QED) is 0.610. The Morgan fingerprint density at radius 1 is 1.20 bits per heavy atom. The molecule has 1 amide bonds. The lowest BCUT2D eigenvalue weighted by Crippen LogP contribution is -2.36. The molecule has 1 N–H and O–H groups in total. The number of benzene rings is 1. The number of carbonyl (C=O) groups is 1. The van der Waals surface area contributed by atoms with Gasteiger partial charge in [0, 0.05) is 18.8 Å². The third-order valence-electron chi connectivity index (χ3n) is 5.21. The number of halogens is 1. The zero-order valence-electron chi connectivity index (χ0n) is 17.8. The second-order valence-electron chi connectivity index (χ2n) is 7.64. The maximum Gasteiger partial charge on any atom is 0.230 e. The molecule has 0 spiro atoms. The van der Waals surface area contributed by atoms with Crippen molar-refractivity contribution in [1.29, 1.82) is 0 Å². The molecule has 3 rings (SSSR count). The van der Waals surface area contributed by atoms with Crippen LogP contribution in [-0.4, -0.2) is 64.2 Å². The Morgan fingerprint density at radius 3 is 2.57 bits per heavy atom. The van der Waals surface area contributed by atoms with Gasteiger partial charge < -0.3 is 10.1 Å². The summed E-state index contributed by atoms with van der Waals surface area (Å²) in [6.07, 6.45) is 3.61. The smallest absolute Gasteiger partial charge is 0.230 e. The number of rotatable bonds is 9. The number of amides is 1. The predicted octanol–water partition coefficient (Wildman–Crippen LogP) is 3.20. The van der Waals surface area contributed by atoms with Gasteiger partial charge in [-0.1, -0.05) is 18.2 Å². The first-order valence-corrected chi connectivity index (χ1v) is 11.3. The van der Waals surface area contributed by atoms with E-state index < -0.39 is 0 Å². The Labute approximate surface area is 181 Å². The highest BCUT2D eigenvalue weighted by molar-refractivity contribution is 7.99. The largest absolute Gasteiger partial charge is 0.383 e. The molecule has 0 radical (unpaired) electrons. The lowest BCUT2D eigenvalue weighted by atomic mass is 10.1. The first kappa shape index (κ1) is 22.7. The van der Waals surface area contributed by atoms with E-state index in [1.165, 1.54) is 43.2 Å². The van der Waals surface area contributed by atoms with Crippen molar-refractivity contribution in [2.24, 2.45) is 0 Å². The molecule has 1 saturated heterocycles. The summed E-state index contributed by atoms with van der Waals surface area (Å²) in [7, 11) is 1.60.